The van der Waals surface area contributed by atoms with Gasteiger partial charge in [-0.15, -0.1) is 0 Å². The second-order valence-electron chi connectivity index (χ2n) is 17.9. The van der Waals surface area contributed by atoms with E-state index in [0.717, 1.165) is 93.3 Å². The van der Waals surface area contributed by atoms with E-state index in [4.69, 9.17) is 4.74 Å². The van der Waals surface area contributed by atoms with Gasteiger partial charge < -0.3 is 4.74 Å². The third-order valence-electron chi connectivity index (χ3n) is 14.1. The molecule has 4 aliphatic carbocycles. The predicted octanol–water partition coefficient (Wildman–Crippen LogP) is 13.2. The highest BCUT2D eigenvalue weighted by molar-refractivity contribution is 5.69. The number of hydrogen-bond acceptors (Lipinski definition) is 4. The van der Waals surface area contributed by atoms with Gasteiger partial charge in [0.05, 0.1) is 0 Å². The molecule has 0 amide bonds. The fourth-order valence-electron chi connectivity index (χ4n) is 11.2. The van der Waals surface area contributed by atoms with E-state index in [2.05, 4.69) is 64.7 Å². The molecule has 280 valence electrons. The largest absolute Gasteiger partial charge is 0.462 e. The van der Waals surface area contributed by atoms with Gasteiger partial charge in [-0.2, -0.15) is 0 Å². The molecule has 4 nitrogen and oxygen atoms in total. The van der Waals surface area contributed by atoms with Crippen LogP contribution in [0.5, 0.6) is 0 Å². The van der Waals surface area contributed by atoms with Crippen molar-refractivity contribution in [2.45, 2.75) is 195 Å². The van der Waals surface area contributed by atoms with Crippen LogP contribution in [0, 0.1) is 46.3 Å². The van der Waals surface area contributed by atoms with E-state index in [9.17, 15) is 10.1 Å². The Morgan fingerprint density at radius 1 is 0.898 bits per heavy atom. The van der Waals surface area contributed by atoms with E-state index in [-0.39, 0.29) is 18.2 Å². The molecule has 3 saturated carbocycles. The molecular formula is C45H76O4. The Morgan fingerprint density at radius 3 is 2.47 bits per heavy atom. The highest BCUT2D eigenvalue weighted by Gasteiger charge is 2.59. The Hall–Kier alpha value is -1.39. The van der Waals surface area contributed by atoms with Crippen LogP contribution in [0.1, 0.15) is 183 Å². The molecule has 4 rings (SSSR count). The van der Waals surface area contributed by atoms with Crippen LogP contribution in [0.4, 0.5) is 0 Å². The number of carbonyl (C=O) groups excluding carboxylic acids is 1. The summed E-state index contributed by atoms with van der Waals surface area (Å²) in [6, 6.07) is 0. The number of carbonyl (C=O) groups is 1. The molecule has 0 radical (unpaired) electrons. The fraction of sp³-hybridized carbons (Fsp3) is 0.844. The maximum atomic E-state index is 12.8. The van der Waals surface area contributed by atoms with Crippen molar-refractivity contribution in [2.24, 2.45) is 46.3 Å². The van der Waals surface area contributed by atoms with Crippen LogP contribution in [0.15, 0.2) is 36.0 Å². The van der Waals surface area contributed by atoms with Crippen molar-refractivity contribution in [3.05, 3.63) is 36.0 Å². The van der Waals surface area contributed by atoms with Crippen LogP contribution in [0.25, 0.3) is 0 Å². The van der Waals surface area contributed by atoms with Gasteiger partial charge >= 0.3 is 5.97 Å². The van der Waals surface area contributed by atoms with Crippen molar-refractivity contribution in [1.82, 2.24) is 0 Å². The number of hydrogen-bond donors (Lipinski definition) is 1. The minimum absolute atomic E-state index is 0.00235. The molecule has 0 aromatic heterocycles. The Kier molecular flexibility index (Phi) is 16.5. The van der Waals surface area contributed by atoms with Gasteiger partial charge in [-0.3, -0.25) is 10.1 Å². The highest BCUT2D eigenvalue weighted by Crippen LogP contribution is 2.67. The van der Waals surface area contributed by atoms with Crippen molar-refractivity contribution in [3.8, 4) is 0 Å². The van der Waals surface area contributed by atoms with E-state index in [0.29, 0.717) is 17.3 Å². The molecule has 0 spiro atoms. The lowest BCUT2D eigenvalue weighted by Crippen LogP contribution is -2.51. The summed E-state index contributed by atoms with van der Waals surface area (Å²) in [5, 5.41) is 9.24. The van der Waals surface area contributed by atoms with E-state index >= 15 is 0 Å². The molecule has 0 heterocycles. The third kappa shape index (κ3) is 11.1. The Balaban J connectivity index is 1.14. The van der Waals surface area contributed by atoms with E-state index in [1.165, 1.54) is 77.0 Å². The molecule has 49 heavy (non-hydrogen) atoms. The maximum absolute atomic E-state index is 12.8. The van der Waals surface area contributed by atoms with Crippen LogP contribution < -0.4 is 0 Å². The highest BCUT2D eigenvalue weighted by atomic mass is 17.1. The SMILES string of the molecule is CCCCC/C=C/C=C/C(CCCCCCCC(=O)O[C@H]1CC[C@@]2(C)C(=CC[C@H]3[C@@H]4CC[C@H]([C@H](C)CCCC(C)C)[C@@]4(C)CC[C@@H]32)C1)OO. The summed E-state index contributed by atoms with van der Waals surface area (Å²) in [5.41, 5.74) is 2.45. The molecule has 0 aliphatic heterocycles. The first-order chi connectivity index (χ1) is 23.6. The molecule has 1 N–H and O–H groups in total. The first kappa shape index (κ1) is 40.4. The number of rotatable bonds is 21. The lowest BCUT2D eigenvalue weighted by molar-refractivity contribution is -0.267. The standard InChI is InChI=1S/C45H76O4/c1-7-8-9-10-11-13-16-22-37(49-47)23-17-14-12-15-18-24-43(46)48-38-29-31-44(5)36(33-38)25-26-39-41-28-27-40(35(4)21-19-20-34(2)3)45(41,6)32-30-42(39)44/h11,13,16,22,25,34-35,37-42,47H,7-10,12,14-15,17-21,23-24,26-33H2,1-6H3/b13-11+,22-16+/t35-,37?,38+,39+,40-,41+,42+,44+,45-/m1/s1. The summed E-state index contributed by atoms with van der Waals surface area (Å²) in [7, 11) is 0. The minimum atomic E-state index is -0.246. The molecule has 4 heteroatoms. The van der Waals surface area contributed by atoms with Gasteiger partial charge in [0.15, 0.2) is 0 Å². The minimum Gasteiger partial charge on any atom is -0.462 e. The first-order valence-electron chi connectivity index (χ1n) is 21.1. The molecule has 0 bridgehead atoms. The zero-order chi connectivity index (χ0) is 35.3. The molecule has 0 aromatic carbocycles. The van der Waals surface area contributed by atoms with Gasteiger partial charge in [0.25, 0.3) is 0 Å². The van der Waals surface area contributed by atoms with E-state index in [1.807, 2.05) is 12.2 Å². The quantitative estimate of drug-likeness (QED) is 0.0327. The summed E-state index contributed by atoms with van der Waals surface area (Å²) < 4.78 is 6.10. The van der Waals surface area contributed by atoms with Crippen LogP contribution in [-0.2, 0) is 14.4 Å². The Labute approximate surface area is 302 Å². The van der Waals surface area contributed by atoms with Gasteiger partial charge in [-0.25, -0.2) is 4.89 Å². The summed E-state index contributed by atoms with van der Waals surface area (Å²) in [4.78, 5) is 17.5. The maximum Gasteiger partial charge on any atom is 0.306 e. The molecule has 0 aromatic rings. The Morgan fingerprint density at radius 2 is 1.69 bits per heavy atom. The van der Waals surface area contributed by atoms with Crippen molar-refractivity contribution < 1.29 is 19.7 Å². The average Bonchev–Trinajstić information content (AvgIpc) is 3.43. The average molecular weight is 681 g/mol. The topological polar surface area (TPSA) is 55.8 Å². The second kappa shape index (κ2) is 20.0. The smallest absolute Gasteiger partial charge is 0.306 e. The normalized spacial score (nSPS) is 32.6. The molecular weight excluding hydrogens is 604 g/mol. The summed E-state index contributed by atoms with van der Waals surface area (Å²) in [5.74, 6) is 5.14. The lowest BCUT2D eigenvalue weighted by Gasteiger charge is -2.58. The van der Waals surface area contributed by atoms with Crippen LogP contribution in [0.2, 0.25) is 0 Å². The van der Waals surface area contributed by atoms with Gasteiger partial charge in [0, 0.05) is 12.8 Å². The van der Waals surface area contributed by atoms with Gasteiger partial charge in [-0.05, 0) is 117 Å². The van der Waals surface area contributed by atoms with E-state index < -0.39 is 0 Å². The van der Waals surface area contributed by atoms with Gasteiger partial charge in [0.1, 0.15) is 12.2 Å². The van der Waals surface area contributed by atoms with E-state index in [1.54, 1.807) is 5.57 Å². The molecule has 1 unspecified atom stereocenters. The molecule has 9 atom stereocenters. The van der Waals surface area contributed by atoms with Gasteiger partial charge in [0.2, 0.25) is 0 Å². The fourth-order valence-corrected chi connectivity index (χ4v) is 11.2. The molecule has 4 aliphatic rings. The predicted molar refractivity (Wildman–Crippen MR) is 205 cm³/mol. The number of unbranched alkanes of at least 4 members (excludes halogenated alkanes) is 7. The Bertz CT molecular complexity index is 1070. The van der Waals surface area contributed by atoms with Crippen LogP contribution in [0.3, 0.4) is 0 Å². The molecule has 3 fully saturated rings. The van der Waals surface area contributed by atoms with Gasteiger partial charge in [-0.1, -0.05) is 135 Å². The first-order valence-corrected chi connectivity index (χ1v) is 21.1. The number of esters is 1. The third-order valence-corrected chi connectivity index (χ3v) is 14.1. The lowest BCUT2D eigenvalue weighted by atomic mass is 9.47. The van der Waals surface area contributed by atoms with Crippen molar-refractivity contribution >= 4 is 5.97 Å². The van der Waals surface area contributed by atoms with Crippen LogP contribution in [-0.4, -0.2) is 23.4 Å². The zero-order valence-electron chi connectivity index (χ0n) is 32.7. The van der Waals surface area contributed by atoms with Crippen molar-refractivity contribution in [1.29, 1.82) is 0 Å². The monoisotopic (exact) mass is 681 g/mol. The van der Waals surface area contributed by atoms with Crippen LogP contribution >= 0.6 is 0 Å². The number of allylic oxidation sites excluding steroid dienone is 4. The van der Waals surface area contributed by atoms with Crippen molar-refractivity contribution in [3.63, 3.8) is 0 Å². The summed E-state index contributed by atoms with van der Waals surface area (Å²) in [6.07, 6.45) is 36.3. The molecule has 0 saturated heterocycles. The second-order valence-corrected chi connectivity index (χ2v) is 17.9. The number of ether oxygens (including phenoxy) is 1. The zero-order valence-corrected chi connectivity index (χ0v) is 32.7. The summed E-state index contributed by atoms with van der Waals surface area (Å²) >= 11 is 0. The number of fused-ring (bicyclic) bond motifs is 5. The summed E-state index contributed by atoms with van der Waals surface area (Å²) in [6.45, 7) is 14.8. The van der Waals surface area contributed by atoms with Crippen molar-refractivity contribution in [2.75, 3.05) is 0 Å².